The van der Waals surface area contributed by atoms with Gasteiger partial charge < -0.3 is 10.1 Å². The molecule has 19 heavy (non-hydrogen) atoms. The maximum atomic E-state index is 9.75. The number of hydrogen-bond acceptors (Lipinski definition) is 6. The lowest BCUT2D eigenvalue weighted by molar-refractivity contribution is 0.195. The molecule has 0 unspecified atom stereocenters. The van der Waals surface area contributed by atoms with Crippen molar-refractivity contribution in [2.75, 3.05) is 0 Å². The topological polar surface area (TPSA) is 87.6 Å². The third-order valence-corrected chi connectivity index (χ3v) is 3.67. The molecule has 0 aliphatic heterocycles. The summed E-state index contributed by atoms with van der Waals surface area (Å²) in [6.07, 6.45) is 4.17. The molecule has 0 spiro atoms. The zero-order valence-corrected chi connectivity index (χ0v) is 10.9. The summed E-state index contributed by atoms with van der Waals surface area (Å²) < 4.78 is 0. The van der Waals surface area contributed by atoms with Gasteiger partial charge in [0.1, 0.15) is 21.9 Å². The van der Waals surface area contributed by atoms with Crippen LogP contribution >= 0.6 is 11.8 Å². The van der Waals surface area contributed by atoms with Crippen molar-refractivity contribution < 1.29 is 5.11 Å². The van der Waals surface area contributed by atoms with Gasteiger partial charge in [-0.2, -0.15) is 0 Å². The predicted molar refractivity (Wildman–Crippen MR) is 70.7 cm³/mol. The average Bonchev–Trinajstić information content (AvgIpc) is 2.88. The van der Waals surface area contributed by atoms with Crippen LogP contribution in [0, 0.1) is 0 Å². The van der Waals surface area contributed by atoms with Gasteiger partial charge >= 0.3 is 0 Å². The van der Waals surface area contributed by atoms with E-state index >= 15 is 0 Å². The third-order valence-electron chi connectivity index (χ3n) is 2.63. The lowest BCUT2D eigenvalue weighted by atomic mass is 10.2. The second kappa shape index (κ2) is 4.94. The first kappa shape index (κ1) is 12.1. The molecule has 3 rings (SSSR count). The quantitative estimate of drug-likeness (QED) is 0.709. The Balaban J connectivity index is 2.04. The summed E-state index contributed by atoms with van der Waals surface area (Å²) in [4.78, 5) is 19.7. The number of aliphatic hydroxyl groups excluding tert-OH is 1. The Morgan fingerprint density at radius 1 is 1.21 bits per heavy atom. The van der Waals surface area contributed by atoms with Crippen molar-refractivity contribution in [3.8, 4) is 0 Å². The zero-order valence-electron chi connectivity index (χ0n) is 10.1. The highest BCUT2D eigenvalue weighted by Crippen LogP contribution is 2.32. The predicted octanol–water partition coefficient (Wildman–Crippen LogP) is 1.95. The molecule has 96 valence electrons. The first-order valence-corrected chi connectivity index (χ1v) is 6.52. The Labute approximate surface area is 113 Å². The number of hydrogen-bond donors (Lipinski definition) is 2. The minimum atomic E-state index is -0.574. The first-order chi connectivity index (χ1) is 9.25. The van der Waals surface area contributed by atoms with Crippen LogP contribution < -0.4 is 0 Å². The number of imidazole rings is 1. The molecule has 7 heteroatoms. The van der Waals surface area contributed by atoms with Gasteiger partial charge in [-0.15, -0.1) is 0 Å². The Morgan fingerprint density at radius 2 is 2.11 bits per heavy atom. The van der Waals surface area contributed by atoms with Gasteiger partial charge in [-0.1, -0.05) is 6.07 Å². The number of H-pyrrole nitrogens is 1. The standard InChI is InChI=1S/C12H11N5OS/c1-7(18)8-3-2-4-13-11(8)19-12-9-10(15-5-14-9)16-6-17-12/h2-7,18H,1H3,(H,14,15,16,17)/t7-/m0/s1. The van der Waals surface area contributed by atoms with Crippen molar-refractivity contribution in [3.63, 3.8) is 0 Å². The van der Waals surface area contributed by atoms with Gasteiger partial charge in [-0.25, -0.2) is 19.9 Å². The van der Waals surface area contributed by atoms with E-state index in [1.807, 2.05) is 6.07 Å². The van der Waals surface area contributed by atoms with Gasteiger partial charge in [0.05, 0.1) is 12.4 Å². The summed E-state index contributed by atoms with van der Waals surface area (Å²) in [6.45, 7) is 1.72. The Morgan fingerprint density at radius 3 is 2.95 bits per heavy atom. The van der Waals surface area contributed by atoms with E-state index in [1.165, 1.54) is 18.1 Å². The van der Waals surface area contributed by atoms with Crippen molar-refractivity contribution in [2.45, 2.75) is 23.1 Å². The molecule has 0 aliphatic carbocycles. The second-order valence-electron chi connectivity index (χ2n) is 3.96. The van der Waals surface area contributed by atoms with Crippen molar-refractivity contribution in [3.05, 3.63) is 36.5 Å². The minimum Gasteiger partial charge on any atom is -0.389 e. The van der Waals surface area contributed by atoms with Gasteiger partial charge in [0.25, 0.3) is 0 Å². The van der Waals surface area contributed by atoms with Crippen molar-refractivity contribution in [2.24, 2.45) is 0 Å². The van der Waals surface area contributed by atoms with Crippen molar-refractivity contribution >= 4 is 22.9 Å². The van der Waals surface area contributed by atoms with Gasteiger partial charge in [0.2, 0.25) is 0 Å². The molecule has 0 saturated carbocycles. The number of aromatic nitrogens is 5. The molecule has 0 radical (unpaired) electrons. The van der Waals surface area contributed by atoms with E-state index in [9.17, 15) is 5.11 Å². The molecule has 0 bridgehead atoms. The molecule has 1 atom stereocenters. The third kappa shape index (κ3) is 2.29. The number of nitrogens with zero attached hydrogens (tertiary/aromatic N) is 4. The molecule has 0 aliphatic rings. The SMILES string of the molecule is C[C@H](O)c1cccnc1Sc1ncnc2nc[nH]c12. The fourth-order valence-corrected chi connectivity index (χ4v) is 2.72. The highest BCUT2D eigenvalue weighted by atomic mass is 32.2. The van der Waals surface area contributed by atoms with Crippen LogP contribution in [0.15, 0.2) is 41.0 Å². The maximum absolute atomic E-state index is 9.75. The van der Waals surface area contributed by atoms with Crippen LogP contribution in [-0.2, 0) is 0 Å². The molecule has 3 heterocycles. The van der Waals surface area contributed by atoms with Crippen LogP contribution in [0.2, 0.25) is 0 Å². The fourth-order valence-electron chi connectivity index (χ4n) is 1.72. The van der Waals surface area contributed by atoms with E-state index in [-0.39, 0.29) is 0 Å². The Kier molecular flexibility index (Phi) is 3.14. The summed E-state index contributed by atoms with van der Waals surface area (Å²) >= 11 is 1.38. The molecule has 3 aromatic rings. The van der Waals surface area contributed by atoms with E-state index in [0.717, 1.165) is 21.1 Å². The first-order valence-electron chi connectivity index (χ1n) is 5.70. The van der Waals surface area contributed by atoms with Crippen LogP contribution in [0.5, 0.6) is 0 Å². The summed E-state index contributed by atoms with van der Waals surface area (Å²) in [7, 11) is 0. The second-order valence-corrected chi connectivity index (χ2v) is 4.93. The average molecular weight is 273 g/mol. The van der Waals surface area contributed by atoms with Gasteiger partial charge in [0.15, 0.2) is 5.65 Å². The molecular weight excluding hydrogens is 262 g/mol. The summed E-state index contributed by atoms with van der Waals surface area (Å²) in [5, 5.41) is 11.2. The zero-order chi connectivity index (χ0) is 13.2. The lowest BCUT2D eigenvalue weighted by Gasteiger charge is -2.09. The monoisotopic (exact) mass is 273 g/mol. The number of aromatic amines is 1. The summed E-state index contributed by atoms with van der Waals surface area (Å²) in [5.41, 5.74) is 2.17. The molecule has 0 fully saturated rings. The van der Waals surface area contributed by atoms with E-state index in [4.69, 9.17) is 0 Å². The van der Waals surface area contributed by atoms with Crippen LogP contribution in [0.25, 0.3) is 11.2 Å². The Bertz CT molecular complexity index is 712. The lowest BCUT2D eigenvalue weighted by Crippen LogP contribution is -1.96. The van der Waals surface area contributed by atoms with Crippen LogP contribution in [0.4, 0.5) is 0 Å². The maximum Gasteiger partial charge on any atom is 0.181 e. The Hall–Kier alpha value is -1.99. The number of rotatable bonds is 3. The number of aliphatic hydroxyl groups is 1. The van der Waals surface area contributed by atoms with Crippen molar-refractivity contribution in [1.29, 1.82) is 0 Å². The van der Waals surface area contributed by atoms with Crippen LogP contribution in [0.1, 0.15) is 18.6 Å². The van der Waals surface area contributed by atoms with Crippen LogP contribution in [-0.4, -0.2) is 30.0 Å². The van der Waals surface area contributed by atoms with Gasteiger partial charge in [-0.3, -0.25) is 0 Å². The highest BCUT2D eigenvalue weighted by Gasteiger charge is 2.13. The van der Waals surface area contributed by atoms with E-state index in [1.54, 1.807) is 25.5 Å². The van der Waals surface area contributed by atoms with Crippen LogP contribution in [0.3, 0.4) is 0 Å². The van der Waals surface area contributed by atoms with Gasteiger partial charge in [-0.05, 0) is 24.8 Å². The normalized spacial score (nSPS) is 12.7. The summed E-state index contributed by atoms with van der Waals surface area (Å²) in [5.74, 6) is 0. The molecule has 0 amide bonds. The van der Waals surface area contributed by atoms with E-state index in [0.29, 0.717) is 5.65 Å². The number of nitrogens with one attached hydrogen (secondary N) is 1. The minimum absolute atomic E-state index is 0.574. The molecule has 0 aromatic carbocycles. The van der Waals surface area contributed by atoms with E-state index in [2.05, 4.69) is 24.9 Å². The number of pyridine rings is 1. The molecule has 2 N–H and O–H groups in total. The summed E-state index contributed by atoms with van der Waals surface area (Å²) in [6, 6.07) is 3.66. The largest absolute Gasteiger partial charge is 0.389 e. The fraction of sp³-hybridized carbons (Fsp3) is 0.167. The molecule has 0 saturated heterocycles. The molecule has 6 nitrogen and oxygen atoms in total. The molecular formula is C12H11N5OS. The smallest absolute Gasteiger partial charge is 0.181 e. The van der Waals surface area contributed by atoms with Crippen molar-refractivity contribution in [1.82, 2.24) is 24.9 Å². The van der Waals surface area contributed by atoms with E-state index < -0.39 is 6.10 Å². The number of fused-ring (bicyclic) bond motifs is 1. The highest BCUT2D eigenvalue weighted by molar-refractivity contribution is 7.99. The molecule has 3 aromatic heterocycles. The van der Waals surface area contributed by atoms with Gasteiger partial charge in [0, 0.05) is 11.8 Å².